The smallest absolute Gasteiger partial charge is 0.246 e. The van der Waals surface area contributed by atoms with E-state index in [-0.39, 0.29) is 5.91 Å². The number of aryl methyl sites for hydroxylation is 1. The molecule has 0 unspecified atom stereocenters. The lowest BCUT2D eigenvalue weighted by atomic mass is 9.89. The van der Waals surface area contributed by atoms with Crippen LogP contribution in [0.15, 0.2) is 10.5 Å². The summed E-state index contributed by atoms with van der Waals surface area (Å²) in [4.78, 5) is 16.0. The lowest BCUT2D eigenvalue weighted by Gasteiger charge is -2.18. The van der Waals surface area contributed by atoms with Gasteiger partial charge in [-0.3, -0.25) is 4.79 Å². The number of aromatic nitrogens is 1. The van der Waals surface area contributed by atoms with Gasteiger partial charge in [0.1, 0.15) is 0 Å². The summed E-state index contributed by atoms with van der Waals surface area (Å²) >= 11 is 1.57. The highest BCUT2D eigenvalue weighted by molar-refractivity contribution is 7.09. The first kappa shape index (κ1) is 13.2. The van der Waals surface area contributed by atoms with Crippen molar-refractivity contribution in [2.45, 2.75) is 46.0 Å². The minimum absolute atomic E-state index is 0.0778. The van der Waals surface area contributed by atoms with Crippen LogP contribution in [0.3, 0.4) is 0 Å². The van der Waals surface area contributed by atoms with E-state index in [1.54, 1.807) is 11.3 Å². The fourth-order valence-corrected chi connectivity index (χ4v) is 2.81. The van der Waals surface area contributed by atoms with E-state index >= 15 is 0 Å². The van der Waals surface area contributed by atoms with Gasteiger partial charge in [0.2, 0.25) is 5.91 Å². The molecule has 2 rings (SSSR count). The highest BCUT2D eigenvalue weighted by atomic mass is 32.1. The van der Waals surface area contributed by atoms with Crippen LogP contribution < -0.4 is 5.43 Å². The zero-order valence-corrected chi connectivity index (χ0v) is 11.7. The molecular formula is C13H19N3OS. The van der Waals surface area contributed by atoms with E-state index in [4.69, 9.17) is 0 Å². The van der Waals surface area contributed by atoms with Crippen molar-refractivity contribution in [1.82, 2.24) is 10.4 Å². The fraction of sp³-hybridized carbons (Fsp3) is 0.615. The Morgan fingerprint density at radius 3 is 3.17 bits per heavy atom. The van der Waals surface area contributed by atoms with Crippen LogP contribution in [0.1, 0.15) is 43.3 Å². The number of thiazole rings is 1. The van der Waals surface area contributed by atoms with Crippen LogP contribution in [0.5, 0.6) is 0 Å². The molecular weight excluding hydrogens is 246 g/mol. The van der Waals surface area contributed by atoms with E-state index in [1.807, 2.05) is 12.3 Å². The minimum atomic E-state index is -0.0778. The summed E-state index contributed by atoms with van der Waals surface area (Å²) in [5.74, 6) is 0.613. The van der Waals surface area contributed by atoms with Gasteiger partial charge in [-0.25, -0.2) is 10.4 Å². The molecule has 1 aliphatic rings. The Morgan fingerprint density at radius 2 is 2.50 bits per heavy atom. The van der Waals surface area contributed by atoms with Crippen molar-refractivity contribution in [3.63, 3.8) is 0 Å². The monoisotopic (exact) mass is 265 g/mol. The van der Waals surface area contributed by atoms with Gasteiger partial charge in [0.25, 0.3) is 0 Å². The Bertz CT molecular complexity index is 453. The van der Waals surface area contributed by atoms with Crippen LogP contribution >= 0.6 is 11.3 Å². The summed E-state index contributed by atoms with van der Waals surface area (Å²) in [6, 6.07) is 0. The Morgan fingerprint density at radius 1 is 1.67 bits per heavy atom. The van der Waals surface area contributed by atoms with E-state index in [0.29, 0.717) is 12.3 Å². The average Bonchev–Trinajstić information content (AvgIpc) is 2.72. The van der Waals surface area contributed by atoms with Crippen molar-refractivity contribution in [3.8, 4) is 0 Å². The van der Waals surface area contributed by atoms with Gasteiger partial charge in [-0.05, 0) is 38.5 Å². The SMILES string of the molecule is Cc1nc(CC(=O)N/N=C2\CCC[C@@H](C)C2)cs1. The molecule has 1 atom stereocenters. The average molecular weight is 265 g/mol. The summed E-state index contributed by atoms with van der Waals surface area (Å²) in [6.07, 6.45) is 4.79. The van der Waals surface area contributed by atoms with Crippen molar-refractivity contribution in [2.75, 3.05) is 0 Å². The number of nitrogens with zero attached hydrogens (tertiary/aromatic N) is 2. The number of nitrogens with one attached hydrogen (secondary N) is 1. The molecule has 0 aliphatic heterocycles. The van der Waals surface area contributed by atoms with Crippen molar-refractivity contribution in [1.29, 1.82) is 0 Å². The summed E-state index contributed by atoms with van der Waals surface area (Å²) in [5.41, 5.74) is 4.59. The lowest BCUT2D eigenvalue weighted by Crippen LogP contribution is -2.23. The second-order valence-electron chi connectivity index (χ2n) is 4.95. The van der Waals surface area contributed by atoms with Crippen LogP contribution in [0, 0.1) is 12.8 Å². The van der Waals surface area contributed by atoms with Crippen LogP contribution in [-0.4, -0.2) is 16.6 Å². The zero-order valence-electron chi connectivity index (χ0n) is 10.9. The summed E-state index contributed by atoms with van der Waals surface area (Å²) in [5, 5.41) is 7.14. The molecule has 1 aliphatic carbocycles. The normalized spacial score (nSPS) is 22.1. The molecule has 0 bridgehead atoms. The molecule has 1 saturated carbocycles. The number of hydrogen-bond acceptors (Lipinski definition) is 4. The number of amides is 1. The molecule has 1 aromatic heterocycles. The summed E-state index contributed by atoms with van der Waals surface area (Å²) in [7, 11) is 0. The third-order valence-electron chi connectivity index (χ3n) is 3.09. The minimum Gasteiger partial charge on any atom is -0.273 e. The molecule has 1 amide bonds. The molecule has 0 spiro atoms. The Balaban J connectivity index is 1.82. The topological polar surface area (TPSA) is 54.4 Å². The maximum absolute atomic E-state index is 11.7. The molecule has 1 N–H and O–H groups in total. The fourth-order valence-electron chi connectivity index (χ4n) is 2.20. The first-order chi connectivity index (χ1) is 8.63. The van der Waals surface area contributed by atoms with Crippen molar-refractivity contribution in [3.05, 3.63) is 16.1 Å². The van der Waals surface area contributed by atoms with Crippen molar-refractivity contribution >= 4 is 23.0 Å². The van der Waals surface area contributed by atoms with E-state index in [9.17, 15) is 4.79 Å². The van der Waals surface area contributed by atoms with Gasteiger partial charge in [-0.2, -0.15) is 5.10 Å². The summed E-state index contributed by atoms with van der Waals surface area (Å²) < 4.78 is 0. The maximum atomic E-state index is 11.7. The van der Waals surface area contributed by atoms with Gasteiger partial charge < -0.3 is 0 Å². The number of hydrazone groups is 1. The van der Waals surface area contributed by atoms with Gasteiger partial charge >= 0.3 is 0 Å². The Hall–Kier alpha value is -1.23. The quantitative estimate of drug-likeness (QED) is 0.854. The van der Waals surface area contributed by atoms with Gasteiger partial charge in [0, 0.05) is 11.1 Å². The number of hydrogen-bond donors (Lipinski definition) is 1. The van der Waals surface area contributed by atoms with Crippen LogP contribution in [0.2, 0.25) is 0 Å². The van der Waals surface area contributed by atoms with Crippen molar-refractivity contribution < 1.29 is 4.79 Å². The van der Waals surface area contributed by atoms with Gasteiger partial charge in [-0.15, -0.1) is 11.3 Å². The number of carbonyl (C=O) groups is 1. The molecule has 0 saturated heterocycles. The number of carbonyl (C=O) groups excluding carboxylic acids is 1. The van der Waals surface area contributed by atoms with Crippen LogP contribution in [-0.2, 0) is 11.2 Å². The lowest BCUT2D eigenvalue weighted by molar-refractivity contribution is -0.120. The second kappa shape index (κ2) is 6.09. The first-order valence-electron chi connectivity index (χ1n) is 6.39. The molecule has 98 valence electrons. The Labute approximate surface area is 112 Å². The highest BCUT2D eigenvalue weighted by Gasteiger charge is 2.14. The van der Waals surface area contributed by atoms with Gasteiger partial charge in [0.15, 0.2) is 0 Å². The molecule has 0 radical (unpaired) electrons. The van der Waals surface area contributed by atoms with Gasteiger partial charge in [0.05, 0.1) is 17.1 Å². The predicted octanol–water partition coefficient (Wildman–Crippen LogP) is 2.68. The predicted molar refractivity (Wildman–Crippen MR) is 73.8 cm³/mol. The van der Waals surface area contributed by atoms with E-state index in [0.717, 1.165) is 29.3 Å². The largest absolute Gasteiger partial charge is 0.273 e. The Kier molecular flexibility index (Phi) is 4.47. The highest BCUT2D eigenvalue weighted by Crippen LogP contribution is 2.20. The van der Waals surface area contributed by atoms with E-state index in [1.165, 1.54) is 12.8 Å². The number of rotatable bonds is 3. The molecule has 1 heterocycles. The van der Waals surface area contributed by atoms with Crippen LogP contribution in [0.25, 0.3) is 0 Å². The third kappa shape index (κ3) is 3.91. The summed E-state index contributed by atoms with van der Waals surface area (Å²) in [6.45, 7) is 4.17. The molecule has 0 aromatic carbocycles. The van der Waals surface area contributed by atoms with E-state index in [2.05, 4.69) is 22.4 Å². The first-order valence-corrected chi connectivity index (χ1v) is 7.26. The van der Waals surface area contributed by atoms with E-state index < -0.39 is 0 Å². The molecule has 5 heteroatoms. The van der Waals surface area contributed by atoms with Crippen molar-refractivity contribution in [2.24, 2.45) is 11.0 Å². The van der Waals surface area contributed by atoms with Gasteiger partial charge in [-0.1, -0.05) is 6.92 Å². The second-order valence-corrected chi connectivity index (χ2v) is 6.01. The maximum Gasteiger partial charge on any atom is 0.246 e. The zero-order chi connectivity index (χ0) is 13.0. The molecule has 1 fully saturated rings. The molecule has 18 heavy (non-hydrogen) atoms. The standard InChI is InChI=1S/C13H19N3OS/c1-9-4-3-5-11(6-9)15-16-13(17)7-12-8-18-10(2)14-12/h8-9H,3-7H2,1-2H3,(H,16,17)/b15-11+/t9-/m1/s1. The molecule has 1 aromatic rings. The molecule has 4 nitrogen and oxygen atoms in total. The third-order valence-corrected chi connectivity index (χ3v) is 3.92. The van der Waals surface area contributed by atoms with Crippen LogP contribution in [0.4, 0.5) is 0 Å².